The Morgan fingerprint density at radius 3 is 2.46 bits per heavy atom. The second-order valence-corrected chi connectivity index (χ2v) is 6.34. The Morgan fingerprint density at radius 1 is 1.00 bits per heavy atom. The Balaban J connectivity index is 1.62. The van der Waals surface area contributed by atoms with Gasteiger partial charge in [0.15, 0.2) is 0 Å². The molecule has 0 bridgehead atoms. The molecule has 1 aromatic heterocycles. The van der Waals surface area contributed by atoms with E-state index in [0.29, 0.717) is 27.8 Å². The Morgan fingerprint density at radius 2 is 1.73 bits per heavy atom. The zero-order chi connectivity index (χ0) is 18.1. The molecule has 4 nitrogen and oxygen atoms in total. The van der Waals surface area contributed by atoms with Gasteiger partial charge in [0.25, 0.3) is 5.91 Å². The van der Waals surface area contributed by atoms with Crippen molar-refractivity contribution in [3.63, 3.8) is 0 Å². The van der Waals surface area contributed by atoms with Crippen LogP contribution in [0.2, 0.25) is 5.02 Å². The van der Waals surface area contributed by atoms with Gasteiger partial charge in [-0.3, -0.25) is 4.79 Å². The Hall–Kier alpha value is -3.11. The molecule has 128 valence electrons. The minimum atomic E-state index is -0.168. The van der Waals surface area contributed by atoms with E-state index in [2.05, 4.69) is 5.10 Å². The number of rotatable bonds is 3. The fourth-order valence-electron chi connectivity index (χ4n) is 2.77. The van der Waals surface area contributed by atoms with E-state index < -0.39 is 0 Å². The van der Waals surface area contributed by atoms with E-state index in [1.54, 1.807) is 6.08 Å². The number of amides is 1. The Bertz CT molecular complexity index is 1020. The first-order chi connectivity index (χ1) is 12.6. The third-order valence-corrected chi connectivity index (χ3v) is 4.36. The van der Waals surface area contributed by atoms with Crippen LogP contribution in [-0.4, -0.2) is 11.6 Å². The summed E-state index contributed by atoms with van der Waals surface area (Å²) in [5, 5.41) is 6.45. The molecule has 1 amide bonds. The standard InChI is InChI=1S/C21H15ClN2O2/c1-14-19(21(25)24(23-14)17-5-3-2-4-6-17)13-18-11-12-20(26-18)15-7-9-16(22)10-8-15/h2-13H,1H3/b19-13-. The van der Waals surface area contributed by atoms with Crippen LogP contribution in [0.25, 0.3) is 17.4 Å². The maximum absolute atomic E-state index is 12.7. The van der Waals surface area contributed by atoms with Gasteiger partial charge < -0.3 is 4.42 Å². The van der Waals surface area contributed by atoms with E-state index in [9.17, 15) is 4.79 Å². The van der Waals surface area contributed by atoms with Crippen molar-refractivity contribution in [1.82, 2.24) is 0 Å². The Labute approximate surface area is 156 Å². The number of hydrogen-bond donors (Lipinski definition) is 0. The van der Waals surface area contributed by atoms with Crippen LogP contribution < -0.4 is 5.01 Å². The molecule has 5 heteroatoms. The molecule has 0 saturated heterocycles. The average Bonchev–Trinajstić information content (AvgIpc) is 3.23. The van der Waals surface area contributed by atoms with Crippen molar-refractivity contribution < 1.29 is 9.21 Å². The molecule has 1 aliphatic heterocycles. The highest BCUT2D eigenvalue weighted by Gasteiger charge is 2.28. The zero-order valence-electron chi connectivity index (χ0n) is 14.0. The number of para-hydroxylation sites is 1. The molecule has 0 spiro atoms. The van der Waals surface area contributed by atoms with Crippen molar-refractivity contribution >= 4 is 35.0 Å². The predicted molar refractivity (Wildman–Crippen MR) is 104 cm³/mol. The van der Waals surface area contributed by atoms with Crippen molar-refractivity contribution in [2.45, 2.75) is 6.92 Å². The monoisotopic (exact) mass is 362 g/mol. The van der Waals surface area contributed by atoms with Gasteiger partial charge in [0.2, 0.25) is 0 Å². The van der Waals surface area contributed by atoms with Crippen LogP contribution >= 0.6 is 11.6 Å². The second-order valence-electron chi connectivity index (χ2n) is 5.90. The first-order valence-electron chi connectivity index (χ1n) is 8.14. The predicted octanol–water partition coefficient (Wildman–Crippen LogP) is 5.41. The van der Waals surface area contributed by atoms with Gasteiger partial charge in [-0.05, 0) is 61.5 Å². The van der Waals surface area contributed by atoms with Gasteiger partial charge in [-0.25, -0.2) is 0 Å². The van der Waals surface area contributed by atoms with Crippen LogP contribution in [0.4, 0.5) is 5.69 Å². The molecule has 3 aromatic rings. The highest BCUT2D eigenvalue weighted by Crippen LogP contribution is 2.28. The summed E-state index contributed by atoms with van der Waals surface area (Å²) in [5.41, 5.74) is 2.84. The number of anilines is 1. The van der Waals surface area contributed by atoms with Crippen LogP contribution in [0.3, 0.4) is 0 Å². The van der Waals surface area contributed by atoms with Crippen molar-refractivity contribution in [1.29, 1.82) is 0 Å². The molecular weight excluding hydrogens is 348 g/mol. The fraction of sp³-hybridized carbons (Fsp3) is 0.0476. The number of hydrazone groups is 1. The number of hydrogen-bond acceptors (Lipinski definition) is 3. The first kappa shape index (κ1) is 16.4. The van der Waals surface area contributed by atoms with Crippen LogP contribution in [0.1, 0.15) is 12.7 Å². The second kappa shape index (κ2) is 6.65. The molecule has 0 saturated carbocycles. The largest absolute Gasteiger partial charge is 0.457 e. The van der Waals surface area contributed by atoms with Gasteiger partial charge in [0.05, 0.1) is 17.0 Å². The van der Waals surface area contributed by atoms with Gasteiger partial charge >= 0.3 is 0 Å². The van der Waals surface area contributed by atoms with Crippen molar-refractivity contribution in [2.75, 3.05) is 5.01 Å². The summed E-state index contributed by atoms with van der Waals surface area (Å²) >= 11 is 5.92. The maximum Gasteiger partial charge on any atom is 0.280 e. The van der Waals surface area contributed by atoms with Gasteiger partial charge in [-0.15, -0.1) is 0 Å². The number of nitrogens with zero attached hydrogens (tertiary/aromatic N) is 2. The van der Waals surface area contributed by atoms with E-state index in [-0.39, 0.29) is 5.91 Å². The molecule has 0 aliphatic carbocycles. The molecule has 2 aromatic carbocycles. The number of carbonyl (C=O) groups excluding carboxylic acids is 1. The summed E-state index contributed by atoms with van der Waals surface area (Å²) in [7, 11) is 0. The molecule has 1 aliphatic rings. The summed E-state index contributed by atoms with van der Waals surface area (Å²) in [6, 6.07) is 20.5. The third kappa shape index (κ3) is 3.07. The SMILES string of the molecule is CC1=NN(c2ccccc2)C(=O)/C1=C\c1ccc(-c2ccc(Cl)cc2)o1. The number of halogens is 1. The average molecular weight is 363 g/mol. The first-order valence-corrected chi connectivity index (χ1v) is 8.52. The van der Waals surface area contributed by atoms with E-state index in [0.717, 1.165) is 11.3 Å². The molecule has 4 rings (SSSR count). The lowest BCUT2D eigenvalue weighted by molar-refractivity contribution is -0.114. The molecule has 2 heterocycles. The van der Waals surface area contributed by atoms with Crippen LogP contribution in [-0.2, 0) is 4.79 Å². The topological polar surface area (TPSA) is 45.8 Å². The summed E-state index contributed by atoms with van der Waals surface area (Å²) < 4.78 is 5.86. The lowest BCUT2D eigenvalue weighted by Crippen LogP contribution is -2.21. The van der Waals surface area contributed by atoms with Gasteiger partial charge in [-0.1, -0.05) is 29.8 Å². The smallest absolute Gasteiger partial charge is 0.280 e. The fourth-order valence-corrected chi connectivity index (χ4v) is 2.90. The van der Waals surface area contributed by atoms with Gasteiger partial charge in [0, 0.05) is 10.6 Å². The van der Waals surface area contributed by atoms with Crippen molar-refractivity contribution in [3.8, 4) is 11.3 Å². The molecule has 0 N–H and O–H groups in total. The number of benzene rings is 2. The van der Waals surface area contributed by atoms with Gasteiger partial charge in [0.1, 0.15) is 11.5 Å². The zero-order valence-corrected chi connectivity index (χ0v) is 14.8. The number of furan rings is 1. The number of carbonyl (C=O) groups is 1. The third-order valence-electron chi connectivity index (χ3n) is 4.11. The van der Waals surface area contributed by atoms with Gasteiger partial charge in [-0.2, -0.15) is 10.1 Å². The molecule has 0 atom stereocenters. The quantitative estimate of drug-likeness (QED) is 0.585. The highest BCUT2D eigenvalue weighted by atomic mass is 35.5. The lowest BCUT2D eigenvalue weighted by atomic mass is 10.1. The minimum Gasteiger partial charge on any atom is -0.457 e. The maximum atomic E-state index is 12.7. The molecule has 0 fully saturated rings. The molecule has 26 heavy (non-hydrogen) atoms. The van der Waals surface area contributed by atoms with Crippen LogP contribution in [0.15, 0.2) is 81.8 Å². The molecule has 0 radical (unpaired) electrons. The summed E-state index contributed by atoms with van der Waals surface area (Å²) in [6.07, 6.45) is 1.73. The van der Waals surface area contributed by atoms with Crippen molar-refractivity contribution in [2.24, 2.45) is 5.10 Å². The molecule has 0 unspecified atom stereocenters. The lowest BCUT2D eigenvalue weighted by Gasteiger charge is -2.10. The van der Waals surface area contributed by atoms with E-state index in [1.165, 1.54) is 5.01 Å². The van der Waals surface area contributed by atoms with E-state index in [4.69, 9.17) is 16.0 Å². The Kier molecular flexibility index (Phi) is 4.19. The molecular formula is C21H15ClN2O2. The van der Waals surface area contributed by atoms with Crippen LogP contribution in [0, 0.1) is 0 Å². The summed E-state index contributed by atoms with van der Waals surface area (Å²) in [5.74, 6) is 1.15. The minimum absolute atomic E-state index is 0.168. The van der Waals surface area contributed by atoms with E-state index >= 15 is 0 Å². The van der Waals surface area contributed by atoms with Crippen molar-refractivity contribution in [3.05, 3.63) is 83.1 Å². The summed E-state index contributed by atoms with van der Waals surface area (Å²) in [6.45, 7) is 1.82. The van der Waals surface area contributed by atoms with E-state index in [1.807, 2.05) is 73.7 Å². The highest BCUT2D eigenvalue weighted by molar-refractivity contribution is 6.32. The summed E-state index contributed by atoms with van der Waals surface area (Å²) in [4.78, 5) is 12.7. The van der Waals surface area contributed by atoms with Crippen LogP contribution in [0.5, 0.6) is 0 Å². The normalized spacial score (nSPS) is 15.6.